The molecule has 0 spiro atoms. The molecule has 0 radical (unpaired) electrons. The van der Waals surface area contributed by atoms with Crippen LogP contribution in [0.25, 0.3) is 0 Å². The Hall–Kier alpha value is -2.76. The lowest BCUT2D eigenvalue weighted by molar-refractivity contribution is 0.102. The maximum absolute atomic E-state index is 11.9. The smallest absolute Gasteiger partial charge is 0.275 e. The summed E-state index contributed by atoms with van der Waals surface area (Å²) >= 11 is 0. The Kier molecular flexibility index (Phi) is 4.05. The quantitative estimate of drug-likeness (QED) is 0.508. The average Bonchev–Trinajstić information content (AvgIpc) is 2.48. The standard InChI is InChI=1S/C14H14N4O2/c1-9-7-16-13(8-15-9)14(19)17-12-5-3-11(4-6-12)10(2)18-20/h3-8,20H,1-2H3,(H,17,19)/b18-10-. The molecule has 102 valence electrons. The number of aryl methyl sites for hydroxylation is 1. The summed E-state index contributed by atoms with van der Waals surface area (Å²) in [4.78, 5) is 20.0. The van der Waals surface area contributed by atoms with Crippen molar-refractivity contribution < 1.29 is 10.0 Å². The number of nitrogens with one attached hydrogen (secondary N) is 1. The van der Waals surface area contributed by atoms with E-state index in [9.17, 15) is 4.79 Å². The van der Waals surface area contributed by atoms with Crippen molar-refractivity contribution in [1.29, 1.82) is 0 Å². The van der Waals surface area contributed by atoms with Gasteiger partial charge in [-0.05, 0) is 31.5 Å². The van der Waals surface area contributed by atoms with Crippen LogP contribution in [0.1, 0.15) is 28.7 Å². The third-order valence-corrected chi connectivity index (χ3v) is 2.72. The van der Waals surface area contributed by atoms with Gasteiger partial charge in [0.05, 0.1) is 17.6 Å². The molecule has 6 heteroatoms. The van der Waals surface area contributed by atoms with Gasteiger partial charge in [0, 0.05) is 11.9 Å². The monoisotopic (exact) mass is 270 g/mol. The molecule has 0 aliphatic carbocycles. The number of oxime groups is 1. The molecular formula is C14H14N4O2. The van der Waals surface area contributed by atoms with Crippen molar-refractivity contribution in [3.8, 4) is 0 Å². The maximum Gasteiger partial charge on any atom is 0.275 e. The molecule has 2 aromatic rings. The Bertz CT molecular complexity index is 633. The number of aromatic nitrogens is 2. The molecule has 1 aromatic carbocycles. The number of amides is 1. The molecule has 6 nitrogen and oxygen atoms in total. The predicted molar refractivity (Wildman–Crippen MR) is 75.2 cm³/mol. The van der Waals surface area contributed by atoms with E-state index in [-0.39, 0.29) is 11.6 Å². The van der Waals surface area contributed by atoms with Crippen molar-refractivity contribution in [2.24, 2.45) is 5.16 Å². The zero-order valence-electron chi connectivity index (χ0n) is 11.2. The van der Waals surface area contributed by atoms with E-state index in [1.807, 2.05) is 0 Å². The highest BCUT2D eigenvalue weighted by atomic mass is 16.4. The molecule has 0 aliphatic rings. The number of carbonyl (C=O) groups excluding carboxylic acids is 1. The third kappa shape index (κ3) is 3.17. The number of carbonyl (C=O) groups is 1. The molecule has 0 aliphatic heterocycles. The van der Waals surface area contributed by atoms with Gasteiger partial charge in [0.25, 0.3) is 5.91 Å². The number of rotatable bonds is 3. The Balaban J connectivity index is 2.10. The molecule has 20 heavy (non-hydrogen) atoms. The first-order valence-electron chi connectivity index (χ1n) is 5.99. The Morgan fingerprint density at radius 1 is 1.20 bits per heavy atom. The Morgan fingerprint density at radius 2 is 1.90 bits per heavy atom. The fourth-order valence-electron chi connectivity index (χ4n) is 1.56. The zero-order chi connectivity index (χ0) is 14.5. The van der Waals surface area contributed by atoms with Gasteiger partial charge < -0.3 is 10.5 Å². The molecule has 1 heterocycles. The minimum Gasteiger partial charge on any atom is -0.411 e. The SMILES string of the molecule is C/C(=N/O)c1ccc(NC(=O)c2cnc(C)cn2)cc1. The summed E-state index contributed by atoms with van der Waals surface area (Å²) in [6.45, 7) is 3.49. The van der Waals surface area contributed by atoms with Crippen LogP contribution < -0.4 is 5.32 Å². The minimum absolute atomic E-state index is 0.257. The van der Waals surface area contributed by atoms with Crippen molar-refractivity contribution in [3.05, 3.63) is 53.6 Å². The van der Waals surface area contributed by atoms with Gasteiger partial charge in [0.1, 0.15) is 5.69 Å². The van der Waals surface area contributed by atoms with E-state index in [1.165, 1.54) is 6.20 Å². The molecule has 0 fully saturated rings. The first kappa shape index (κ1) is 13.7. The van der Waals surface area contributed by atoms with Crippen LogP contribution in [0.4, 0.5) is 5.69 Å². The van der Waals surface area contributed by atoms with E-state index < -0.39 is 0 Å². The lowest BCUT2D eigenvalue weighted by Crippen LogP contribution is -2.14. The molecule has 1 amide bonds. The van der Waals surface area contributed by atoms with Crippen molar-refractivity contribution in [2.45, 2.75) is 13.8 Å². The Labute approximate surface area is 116 Å². The topological polar surface area (TPSA) is 87.5 Å². The van der Waals surface area contributed by atoms with Crippen LogP contribution in [0.2, 0.25) is 0 Å². The normalized spacial score (nSPS) is 11.2. The highest BCUT2D eigenvalue weighted by Crippen LogP contribution is 2.11. The molecule has 0 atom stereocenters. The summed E-state index contributed by atoms with van der Waals surface area (Å²) in [7, 11) is 0. The molecule has 0 saturated heterocycles. The van der Waals surface area contributed by atoms with Crippen LogP contribution in [0.15, 0.2) is 41.8 Å². The fourth-order valence-corrected chi connectivity index (χ4v) is 1.56. The summed E-state index contributed by atoms with van der Waals surface area (Å²) in [6, 6.07) is 6.96. The van der Waals surface area contributed by atoms with Crippen LogP contribution in [-0.4, -0.2) is 26.8 Å². The highest BCUT2D eigenvalue weighted by molar-refractivity contribution is 6.03. The fraction of sp³-hybridized carbons (Fsp3) is 0.143. The van der Waals surface area contributed by atoms with Gasteiger partial charge in [-0.3, -0.25) is 9.78 Å². The number of hydrogen-bond donors (Lipinski definition) is 2. The molecule has 2 N–H and O–H groups in total. The summed E-state index contributed by atoms with van der Waals surface area (Å²) in [6.07, 6.45) is 2.97. The van der Waals surface area contributed by atoms with Crippen LogP contribution in [-0.2, 0) is 0 Å². The maximum atomic E-state index is 11.9. The minimum atomic E-state index is -0.321. The third-order valence-electron chi connectivity index (χ3n) is 2.72. The molecule has 0 unspecified atom stereocenters. The van der Waals surface area contributed by atoms with Crippen molar-refractivity contribution in [3.63, 3.8) is 0 Å². The zero-order valence-corrected chi connectivity index (χ0v) is 11.2. The van der Waals surface area contributed by atoms with Gasteiger partial charge >= 0.3 is 0 Å². The van der Waals surface area contributed by atoms with E-state index in [0.717, 1.165) is 11.3 Å². The molecule has 0 saturated carbocycles. The van der Waals surface area contributed by atoms with Crippen LogP contribution in [0.3, 0.4) is 0 Å². The van der Waals surface area contributed by atoms with Crippen LogP contribution in [0.5, 0.6) is 0 Å². The number of hydrogen-bond acceptors (Lipinski definition) is 5. The van der Waals surface area contributed by atoms with Crippen molar-refractivity contribution in [2.75, 3.05) is 5.32 Å². The molecule has 2 rings (SSSR count). The number of benzene rings is 1. The van der Waals surface area contributed by atoms with E-state index in [2.05, 4.69) is 20.4 Å². The molecule has 1 aromatic heterocycles. The van der Waals surface area contributed by atoms with Crippen molar-refractivity contribution in [1.82, 2.24) is 9.97 Å². The second kappa shape index (κ2) is 5.92. The summed E-state index contributed by atoms with van der Waals surface area (Å²) < 4.78 is 0. The van der Waals surface area contributed by atoms with Crippen LogP contribution >= 0.6 is 0 Å². The van der Waals surface area contributed by atoms with Gasteiger partial charge in [0.2, 0.25) is 0 Å². The lowest BCUT2D eigenvalue weighted by atomic mass is 10.1. The largest absolute Gasteiger partial charge is 0.411 e. The van der Waals surface area contributed by atoms with Gasteiger partial charge in [0.15, 0.2) is 0 Å². The number of anilines is 1. The van der Waals surface area contributed by atoms with Crippen LogP contribution in [0, 0.1) is 6.92 Å². The second-order valence-electron chi connectivity index (χ2n) is 4.26. The summed E-state index contributed by atoms with van der Waals surface area (Å²) in [5.41, 5.74) is 2.93. The van der Waals surface area contributed by atoms with Gasteiger partial charge in [-0.1, -0.05) is 17.3 Å². The summed E-state index contributed by atoms with van der Waals surface area (Å²) in [5.74, 6) is -0.321. The van der Waals surface area contributed by atoms with Crippen molar-refractivity contribution >= 4 is 17.3 Å². The van der Waals surface area contributed by atoms with Gasteiger partial charge in [-0.15, -0.1) is 0 Å². The average molecular weight is 270 g/mol. The van der Waals surface area contributed by atoms with E-state index in [1.54, 1.807) is 44.3 Å². The Morgan fingerprint density at radius 3 is 2.45 bits per heavy atom. The van der Waals surface area contributed by atoms with E-state index in [0.29, 0.717) is 11.4 Å². The first-order valence-corrected chi connectivity index (χ1v) is 5.99. The first-order chi connectivity index (χ1) is 9.60. The lowest BCUT2D eigenvalue weighted by Gasteiger charge is -2.05. The summed E-state index contributed by atoms with van der Waals surface area (Å²) in [5, 5.41) is 14.5. The van der Waals surface area contributed by atoms with Gasteiger partial charge in [-0.2, -0.15) is 0 Å². The highest BCUT2D eigenvalue weighted by Gasteiger charge is 2.08. The van der Waals surface area contributed by atoms with Gasteiger partial charge in [-0.25, -0.2) is 4.98 Å². The molecular weight excluding hydrogens is 256 g/mol. The van der Waals surface area contributed by atoms with E-state index in [4.69, 9.17) is 5.21 Å². The second-order valence-corrected chi connectivity index (χ2v) is 4.26. The predicted octanol–water partition coefficient (Wildman–Crippen LogP) is 2.24. The van der Waals surface area contributed by atoms with E-state index >= 15 is 0 Å². The molecule has 0 bridgehead atoms. The number of nitrogens with zero attached hydrogens (tertiary/aromatic N) is 3.